The molecule has 6 heteroatoms. The van der Waals surface area contributed by atoms with Crippen molar-refractivity contribution in [2.45, 2.75) is 6.10 Å². The van der Waals surface area contributed by atoms with E-state index in [1.807, 2.05) is 0 Å². The number of aromatic hydroxyl groups is 1. The second kappa shape index (κ2) is 5.47. The van der Waals surface area contributed by atoms with Crippen molar-refractivity contribution in [2.75, 3.05) is 20.7 Å². The van der Waals surface area contributed by atoms with Crippen LogP contribution in [0.3, 0.4) is 0 Å². The van der Waals surface area contributed by atoms with Gasteiger partial charge in [0.1, 0.15) is 0 Å². The first kappa shape index (κ1) is 13.2. The highest BCUT2D eigenvalue weighted by Crippen LogP contribution is 2.38. The minimum Gasteiger partial charge on any atom is -0.502 e. The van der Waals surface area contributed by atoms with Crippen LogP contribution in [0.5, 0.6) is 11.5 Å². The standard InChI is InChI=1S/C10H13BrFNO3/c1-13-4-6(14)8-5(11)3-7(16-2)10(15)9(8)12/h3,6,13-15H,4H2,1-2H3. The Morgan fingerprint density at radius 3 is 2.75 bits per heavy atom. The molecule has 0 saturated heterocycles. The number of benzene rings is 1. The van der Waals surface area contributed by atoms with Crippen LogP contribution in [0.15, 0.2) is 10.5 Å². The molecule has 0 fully saturated rings. The molecule has 0 aliphatic rings. The predicted octanol–water partition coefficient (Wildman–Crippen LogP) is 1.56. The molecule has 1 aromatic carbocycles. The third-order valence-electron chi connectivity index (χ3n) is 2.14. The minimum atomic E-state index is -1.05. The SMILES string of the molecule is CNCC(O)c1c(Br)cc(OC)c(O)c1F. The van der Waals surface area contributed by atoms with Crippen molar-refractivity contribution in [3.05, 3.63) is 21.9 Å². The van der Waals surface area contributed by atoms with Crippen molar-refractivity contribution in [1.82, 2.24) is 5.32 Å². The van der Waals surface area contributed by atoms with E-state index in [1.165, 1.54) is 13.2 Å². The molecular weight excluding hydrogens is 281 g/mol. The Labute approximate surface area is 101 Å². The molecule has 3 N–H and O–H groups in total. The number of hydrogen-bond donors (Lipinski definition) is 3. The molecule has 0 saturated carbocycles. The van der Waals surface area contributed by atoms with Gasteiger partial charge in [-0.15, -0.1) is 0 Å². The Balaban J connectivity index is 3.24. The van der Waals surface area contributed by atoms with Gasteiger partial charge < -0.3 is 20.3 Å². The summed E-state index contributed by atoms with van der Waals surface area (Å²) in [7, 11) is 2.96. The van der Waals surface area contributed by atoms with E-state index in [1.54, 1.807) is 7.05 Å². The monoisotopic (exact) mass is 293 g/mol. The topological polar surface area (TPSA) is 61.7 Å². The Hall–Kier alpha value is -0.850. The normalized spacial score (nSPS) is 12.6. The lowest BCUT2D eigenvalue weighted by Gasteiger charge is -2.15. The number of ether oxygens (including phenoxy) is 1. The molecule has 0 bridgehead atoms. The number of methoxy groups -OCH3 is 1. The number of halogens is 2. The zero-order chi connectivity index (χ0) is 12.3. The molecule has 0 radical (unpaired) electrons. The van der Waals surface area contributed by atoms with Crippen molar-refractivity contribution in [1.29, 1.82) is 0 Å². The maximum atomic E-state index is 13.7. The summed E-state index contributed by atoms with van der Waals surface area (Å²) in [5.41, 5.74) is 0.00708. The molecule has 16 heavy (non-hydrogen) atoms. The number of likely N-dealkylation sites (N-methyl/N-ethyl adjacent to an activating group) is 1. The van der Waals surface area contributed by atoms with E-state index in [0.717, 1.165) is 0 Å². The Kier molecular flexibility index (Phi) is 4.52. The van der Waals surface area contributed by atoms with E-state index in [9.17, 15) is 14.6 Å². The van der Waals surface area contributed by atoms with Crippen LogP contribution in [0, 0.1) is 5.82 Å². The van der Waals surface area contributed by atoms with Gasteiger partial charge in [0.25, 0.3) is 0 Å². The zero-order valence-corrected chi connectivity index (χ0v) is 10.5. The van der Waals surface area contributed by atoms with Crippen molar-refractivity contribution in [3.63, 3.8) is 0 Å². The molecule has 0 amide bonds. The van der Waals surface area contributed by atoms with Gasteiger partial charge in [-0.2, -0.15) is 0 Å². The zero-order valence-electron chi connectivity index (χ0n) is 8.92. The van der Waals surface area contributed by atoms with Crippen LogP contribution in [0.25, 0.3) is 0 Å². The molecule has 1 aromatic rings. The van der Waals surface area contributed by atoms with Crippen LogP contribution in [0.4, 0.5) is 4.39 Å². The van der Waals surface area contributed by atoms with Crippen LogP contribution in [0.2, 0.25) is 0 Å². The van der Waals surface area contributed by atoms with E-state index >= 15 is 0 Å². The summed E-state index contributed by atoms with van der Waals surface area (Å²) < 4.78 is 18.9. The molecule has 0 aromatic heterocycles. The number of rotatable bonds is 4. The highest BCUT2D eigenvalue weighted by Gasteiger charge is 2.22. The fourth-order valence-electron chi connectivity index (χ4n) is 1.36. The maximum absolute atomic E-state index is 13.7. The van der Waals surface area contributed by atoms with Gasteiger partial charge in [0.15, 0.2) is 17.3 Å². The second-order valence-electron chi connectivity index (χ2n) is 3.21. The van der Waals surface area contributed by atoms with Gasteiger partial charge in [0, 0.05) is 16.6 Å². The summed E-state index contributed by atoms with van der Waals surface area (Å²) in [4.78, 5) is 0. The Bertz CT molecular complexity index is 387. The number of phenolic OH excluding ortho intramolecular Hbond substituents is 1. The Morgan fingerprint density at radius 1 is 1.62 bits per heavy atom. The maximum Gasteiger partial charge on any atom is 0.194 e. The smallest absolute Gasteiger partial charge is 0.194 e. The first-order valence-corrected chi connectivity index (χ1v) is 5.39. The summed E-state index contributed by atoms with van der Waals surface area (Å²) in [5, 5.41) is 21.9. The van der Waals surface area contributed by atoms with Crippen molar-refractivity contribution in [2.24, 2.45) is 0 Å². The first-order valence-electron chi connectivity index (χ1n) is 4.60. The molecule has 0 spiro atoms. The van der Waals surface area contributed by atoms with Gasteiger partial charge in [0.05, 0.1) is 13.2 Å². The van der Waals surface area contributed by atoms with Gasteiger partial charge >= 0.3 is 0 Å². The predicted molar refractivity (Wildman–Crippen MR) is 61.2 cm³/mol. The number of phenols is 1. The van der Waals surface area contributed by atoms with Crippen molar-refractivity contribution < 1.29 is 19.3 Å². The molecule has 0 aliphatic carbocycles. The largest absolute Gasteiger partial charge is 0.502 e. The Morgan fingerprint density at radius 2 is 2.25 bits per heavy atom. The lowest BCUT2D eigenvalue weighted by atomic mass is 10.1. The van der Waals surface area contributed by atoms with Gasteiger partial charge in [-0.05, 0) is 13.1 Å². The summed E-state index contributed by atoms with van der Waals surface area (Å²) in [6.07, 6.45) is -1.05. The average molecular weight is 294 g/mol. The molecule has 4 nitrogen and oxygen atoms in total. The second-order valence-corrected chi connectivity index (χ2v) is 4.06. The quantitative estimate of drug-likeness (QED) is 0.788. The minimum absolute atomic E-state index is 0.00708. The van der Waals surface area contributed by atoms with Crippen LogP contribution in [-0.2, 0) is 0 Å². The molecule has 1 unspecified atom stereocenters. The summed E-state index contributed by atoms with van der Waals surface area (Å²) >= 11 is 3.12. The highest BCUT2D eigenvalue weighted by atomic mass is 79.9. The molecule has 1 rings (SSSR count). The van der Waals surface area contributed by atoms with Crippen molar-refractivity contribution in [3.8, 4) is 11.5 Å². The summed E-state index contributed by atoms with van der Waals surface area (Å²) in [5.74, 6) is -1.46. The van der Waals surface area contributed by atoms with E-state index in [-0.39, 0.29) is 17.9 Å². The fraction of sp³-hybridized carbons (Fsp3) is 0.400. The number of aliphatic hydroxyl groups is 1. The van der Waals surface area contributed by atoms with Gasteiger partial charge in [0.2, 0.25) is 0 Å². The average Bonchev–Trinajstić information content (AvgIpc) is 2.24. The molecule has 1 atom stereocenters. The third kappa shape index (κ3) is 2.45. The molecule has 0 aliphatic heterocycles. The van der Waals surface area contributed by atoms with Gasteiger partial charge in [-0.3, -0.25) is 0 Å². The van der Waals surface area contributed by atoms with E-state index in [2.05, 4.69) is 21.2 Å². The summed E-state index contributed by atoms with van der Waals surface area (Å²) in [6, 6.07) is 1.41. The molecular formula is C10H13BrFNO3. The van der Waals surface area contributed by atoms with Gasteiger partial charge in [-0.25, -0.2) is 4.39 Å². The number of aliphatic hydroxyl groups excluding tert-OH is 1. The van der Waals surface area contributed by atoms with Crippen LogP contribution < -0.4 is 10.1 Å². The van der Waals surface area contributed by atoms with Crippen LogP contribution >= 0.6 is 15.9 Å². The molecule has 0 heterocycles. The number of nitrogens with one attached hydrogen (secondary N) is 1. The third-order valence-corrected chi connectivity index (χ3v) is 2.80. The van der Waals surface area contributed by atoms with E-state index in [0.29, 0.717) is 4.47 Å². The van der Waals surface area contributed by atoms with Crippen LogP contribution in [-0.4, -0.2) is 30.9 Å². The lowest BCUT2D eigenvalue weighted by molar-refractivity contribution is 0.170. The number of hydrogen-bond acceptors (Lipinski definition) is 4. The summed E-state index contributed by atoms with van der Waals surface area (Å²) in [6.45, 7) is 0.182. The van der Waals surface area contributed by atoms with Crippen LogP contribution in [0.1, 0.15) is 11.7 Å². The highest BCUT2D eigenvalue weighted by molar-refractivity contribution is 9.10. The lowest BCUT2D eigenvalue weighted by Crippen LogP contribution is -2.18. The molecule has 90 valence electrons. The van der Waals surface area contributed by atoms with Crippen molar-refractivity contribution >= 4 is 15.9 Å². The van der Waals surface area contributed by atoms with E-state index in [4.69, 9.17) is 4.74 Å². The van der Waals surface area contributed by atoms with E-state index < -0.39 is 17.7 Å². The first-order chi connectivity index (χ1) is 7.52. The van der Waals surface area contributed by atoms with Gasteiger partial charge in [-0.1, -0.05) is 15.9 Å². The fourth-order valence-corrected chi connectivity index (χ4v) is 2.00.